The Morgan fingerprint density at radius 2 is 1.45 bits per heavy atom. The van der Waals surface area contributed by atoms with Gasteiger partial charge in [0.2, 0.25) is 11.8 Å². The summed E-state index contributed by atoms with van der Waals surface area (Å²) in [5.41, 5.74) is 3.74. The molecule has 0 heterocycles. The average molecular weight is 447 g/mol. The van der Waals surface area contributed by atoms with Crippen molar-refractivity contribution in [1.82, 2.24) is 10.2 Å². The molecule has 1 unspecified atom stereocenters. The minimum absolute atomic E-state index is 0.0596. The van der Waals surface area contributed by atoms with E-state index in [1.54, 1.807) is 17.0 Å². The van der Waals surface area contributed by atoms with Gasteiger partial charge in [0.1, 0.15) is 11.9 Å². The predicted octanol–water partition coefficient (Wildman–Crippen LogP) is 4.84. The van der Waals surface area contributed by atoms with Crippen molar-refractivity contribution in [3.05, 3.63) is 107 Å². The minimum atomic E-state index is -0.696. The zero-order chi connectivity index (χ0) is 23.8. The summed E-state index contributed by atoms with van der Waals surface area (Å²) in [5, 5.41) is 2.97. The number of benzene rings is 3. The quantitative estimate of drug-likeness (QED) is 0.511. The van der Waals surface area contributed by atoms with E-state index >= 15 is 0 Å². The Hall–Kier alpha value is -3.47. The van der Waals surface area contributed by atoms with Crippen LogP contribution in [0.4, 0.5) is 4.39 Å². The number of halogens is 1. The molecule has 0 radical (unpaired) electrons. The lowest BCUT2D eigenvalue weighted by Crippen LogP contribution is -2.52. The van der Waals surface area contributed by atoms with E-state index in [9.17, 15) is 14.0 Å². The average Bonchev–Trinajstić information content (AvgIpc) is 2.79. The minimum Gasteiger partial charge on any atom is -0.352 e. The van der Waals surface area contributed by atoms with E-state index in [1.807, 2.05) is 75.4 Å². The fourth-order valence-corrected chi connectivity index (χ4v) is 3.70. The summed E-state index contributed by atoms with van der Waals surface area (Å²) in [6.45, 7) is 6.01. The van der Waals surface area contributed by atoms with E-state index in [0.717, 1.165) is 22.3 Å². The number of carbonyl (C=O) groups is 2. The molecule has 4 nitrogen and oxygen atoms in total. The third-order valence-corrected chi connectivity index (χ3v) is 5.44. The molecule has 0 aliphatic carbocycles. The third-order valence-electron chi connectivity index (χ3n) is 5.44. The number of nitrogens with one attached hydrogen (secondary N) is 1. The Bertz CT molecular complexity index is 1050. The van der Waals surface area contributed by atoms with E-state index in [-0.39, 0.29) is 36.6 Å². The highest BCUT2D eigenvalue weighted by Crippen LogP contribution is 2.17. The maximum absolute atomic E-state index is 13.6. The summed E-state index contributed by atoms with van der Waals surface area (Å²) in [5.74, 6) is -0.689. The highest BCUT2D eigenvalue weighted by Gasteiger charge is 2.30. The van der Waals surface area contributed by atoms with Crippen LogP contribution in [0.5, 0.6) is 0 Å². The van der Waals surface area contributed by atoms with Crippen LogP contribution in [0.15, 0.2) is 78.9 Å². The SMILES string of the molecule is Cc1ccc(CC(=O)N(Cc2ccc(F)cc2)C(Cc2ccccc2)C(=O)NC(C)C)cc1. The van der Waals surface area contributed by atoms with E-state index in [4.69, 9.17) is 0 Å². The molecular formula is C28H31FN2O2. The second-order valence-electron chi connectivity index (χ2n) is 8.68. The number of carbonyl (C=O) groups excluding carboxylic acids is 2. The molecule has 172 valence electrons. The van der Waals surface area contributed by atoms with Gasteiger partial charge >= 0.3 is 0 Å². The van der Waals surface area contributed by atoms with Crippen LogP contribution in [0.3, 0.4) is 0 Å². The van der Waals surface area contributed by atoms with Gasteiger partial charge in [-0.3, -0.25) is 9.59 Å². The molecule has 0 spiro atoms. The number of nitrogens with zero attached hydrogens (tertiary/aromatic N) is 1. The second kappa shape index (κ2) is 11.4. The van der Waals surface area contributed by atoms with Crippen LogP contribution in [0, 0.1) is 12.7 Å². The van der Waals surface area contributed by atoms with Gasteiger partial charge in [-0.05, 0) is 49.6 Å². The Kier molecular flexibility index (Phi) is 8.36. The summed E-state index contributed by atoms with van der Waals surface area (Å²) in [6, 6.07) is 22.8. The van der Waals surface area contributed by atoms with Crippen molar-refractivity contribution in [1.29, 1.82) is 0 Å². The van der Waals surface area contributed by atoms with Gasteiger partial charge in [-0.15, -0.1) is 0 Å². The predicted molar refractivity (Wildman–Crippen MR) is 129 cm³/mol. The molecule has 0 aliphatic heterocycles. The molecular weight excluding hydrogens is 415 g/mol. The van der Waals surface area contributed by atoms with Crippen molar-refractivity contribution in [2.75, 3.05) is 0 Å². The van der Waals surface area contributed by atoms with E-state index in [1.165, 1.54) is 12.1 Å². The molecule has 1 atom stereocenters. The molecule has 0 aliphatic rings. The number of hydrogen-bond acceptors (Lipinski definition) is 2. The van der Waals surface area contributed by atoms with Gasteiger partial charge < -0.3 is 10.2 Å². The van der Waals surface area contributed by atoms with E-state index < -0.39 is 6.04 Å². The molecule has 0 saturated heterocycles. The van der Waals surface area contributed by atoms with Gasteiger partial charge in [0.15, 0.2) is 0 Å². The Balaban J connectivity index is 1.95. The fraction of sp³-hybridized carbons (Fsp3) is 0.286. The van der Waals surface area contributed by atoms with Crippen LogP contribution >= 0.6 is 0 Å². The molecule has 0 aromatic heterocycles. The van der Waals surface area contributed by atoms with Gasteiger partial charge in [0.25, 0.3) is 0 Å². The summed E-state index contributed by atoms with van der Waals surface area (Å²) >= 11 is 0. The molecule has 0 fully saturated rings. The molecule has 5 heteroatoms. The largest absolute Gasteiger partial charge is 0.352 e. The van der Waals surface area contributed by atoms with Gasteiger partial charge in [-0.2, -0.15) is 0 Å². The third kappa shape index (κ3) is 7.28. The molecule has 33 heavy (non-hydrogen) atoms. The maximum Gasteiger partial charge on any atom is 0.243 e. The van der Waals surface area contributed by atoms with Crippen LogP contribution in [0.1, 0.15) is 36.1 Å². The van der Waals surface area contributed by atoms with Crippen LogP contribution in [0.2, 0.25) is 0 Å². The number of rotatable bonds is 9. The molecule has 0 saturated carbocycles. The first-order valence-corrected chi connectivity index (χ1v) is 11.3. The van der Waals surface area contributed by atoms with Crippen LogP contribution in [-0.2, 0) is 29.0 Å². The molecule has 1 N–H and O–H groups in total. The Morgan fingerprint density at radius 1 is 0.848 bits per heavy atom. The number of amides is 2. The van der Waals surface area contributed by atoms with E-state index in [0.29, 0.717) is 6.42 Å². The summed E-state index contributed by atoms with van der Waals surface area (Å²) < 4.78 is 13.5. The van der Waals surface area contributed by atoms with Gasteiger partial charge in [0, 0.05) is 19.0 Å². The standard InChI is InChI=1S/C28H31FN2O2/c1-20(2)30-28(33)26(17-22-7-5-4-6-8-22)31(19-24-13-15-25(29)16-14-24)27(32)18-23-11-9-21(3)10-12-23/h4-16,20,26H,17-19H2,1-3H3,(H,30,33). The first-order valence-electron chi connectivity index (χ1n) is 11.3. The highest BCUT2D eigenvalue weighted by molar-refractivity contribution is 5.89. The van der Waals surface area contributed by atoms with Gasteiger partial charge in [-0.1, -0.05) is 72.3 Å². The first kappa shape index (κ1) is 24.2. The van der Waals surface area contributed by atoms with Crippen LogP contribution in [-0.4, -0.2) is 28.8 Å². The van der Waals surface area contributed by atoms with Crippen LogP contribution in [0.25, 0.3) is 0 Å². The zero-order valence-electron chi connectivity index (χ0n) is 19.4. The van der Waals surface area contributed by atoms with Crippen molar-refractivity contribution in [2.24, 2.45) is 0 Å². The highest BCUT2D eigenvalue weighted by atomic mass is 19.1. The summed E-state index contributed by atoms with van der Waals surface area (Å²) in [7, 11) is 0. The summed E-state index contributed by atoms with van der Waals surface area (Å²) in [6.07, 6.45) is 0.571. The molecule has 3 rings (SSSR count). The van der Waals surface area contributed by atoms with Crippen LogP contribution < -0.4 is 5.32 Å². The van der Waals surface area contributed by atoms with Gasteiger partial charge in [-0.25, -0.2) is 4.39 Å². The fourth-order valence-electron chi connectivity index (χ4n) is 3.70. The lowest BCUT2D eigenvalue weighted by molar-refractivity contribution is -0.141. The smallest absolute Gasteiger partial charge is 0.243 e. The zero-order valence-corrected chi connectivity index (χ0v) is 19.4. The Labute approximate surface area is 195 Å². The van der Waals surface area contributed by atoms with Crippen molar-refractivity contribution < 1.29 is 14.0 Å². The molecule has 0 bridgehead atoms. The van der Waals surface area contributed by atoms with Crippen molar-refractivity contribution in [2.45, 2.75) is 52.2 Å². The second-order valence-corrected chi connectivity index (χ2v) is 8.68. The monoisotopic (exact) mass is 446 g/mol. The number of hydrogen-bond donors (Lipinski definition) is 1. The first-order chi connectivity index (χ1) is 15.8. The normalized spacial score (nSPS) is 11.8. The lowest BCUT2D eigenvalue weighted by atomic mass is 10.0. The molecule has 3 aromatic rings. The Morgan fingerprint density at radius 3 is 2.06 bits per heavy atom. The lowest BCUT2D eigenvalue weighted by Gasteiger charge is -2.32. The molecule has 2 amide bonds. The van der Waals surface area contributed by atoms with Crippen molar-refractivity contribution in [3.63, 3.8) is 0 Å². The van der Waals surface area contributed by atoms with Gasteiger partial charge in [0.05, 0.1) is 6.42 Å². The van der Waals surface area contributed by atoms with E-state index in [2.05, 4.69) is 5.32 Å². The summed E-state index contributed by atoms with van der Waals surface area (Å²) in [4.78, 5) is 28.5. The molecule has 3 aromatic carbocycles. The van der Waals surface area contributed by atoms with Crippen molar-refractivity contribution in [3.8, 4) is 0 Å². The maximum atomic E-state index is 13.6. The topological polar surface area (TPSA) is 49.4 Å². The number of aryl methyl sites for hydroxylation is 1. The van der Waals surface area contributed by atoms with Crippen molar-refractivity contribution >= 4 is 11.8 Å².